The Morgan fingerprint density at radius 3 is 2.61 bits per heavy atom. The van der Waals surface area contributed by atoms with Crippen LogP contribution >= 0.6 is 0 Å². The lowest BCUT2D eigenvalue weighted by molar-refractivity contribution is 0.0938. The fourth-order valence-corrected chi connectivity index (χ4v) is 1.75. The molecule has 5 heteroatoms. The van der Waals surface area contributed by atoms with Gasteiger partial charge >= 0.3 is 0 Å². The third-order valence-electron chi connectivity index (χ3n) is 2.72. The van der Waals surface area contributed by atoms with Gasteiger partial charge in [-0.15, -0.1) is 0 Å². The van der Waals surface area contributed by atoms with Crippen molar-refractivity contribution in [2.45, 2.75) is 13.0 Å². The van der Waals surface area contributed by atoms with Gasteiger partial charge in [-0.1, -0.05) is 0 Å². The molecule has 1 atom stereocenters. The van der Waals surface area contributed by atoms with E-state index in [-0.39, 0.29) is 17.7 Å². The Labute approximate surface area is 105 Å². The quantitative estimate of drug-likeness (QED) is 0.863. The number of aryl methyl sites for hydroxylation is 1. The van der Waals surface area contributed by atoms with Crippen molar-refractivity contribution < 1.29 is 9.90 Å². The van der Waals surface area contributed by atoms with Crippen molar-refractivity contribution in [3.05, 3.63) is 48.0 Å². The fourth-order valence-electron chi connectivity index (χ4n) is 1.75. The van der Waals surface area contributed by atoms with Gasteiger partial charge in [0.2, 0.25) is 0 Å². The van der Waals surface area contributed by atoms with Gasteiger partial charge < -0.3 is 15.0 Å². The summed E-state index contributed by atoms with van der Waals surface area (Å²) in [5.41, 5.74) is 0.508. The van der Waals surface area contributed by atoms with Crippen molar-refractivity contribution in [1.82, 2.24) is 14.9 Å². The van der Waals surface area contributed by atoms with Crippen LogP contribution in [0.15, 0.2) is 36.7 Å². The molecule has 0 fully saturated rings. The van der Waals surface area contributed by atoms with E-state index in [9.17, 15) is 4.79 Å². The number of nitrogens with one attached hydrogen (secondary N) is 1. The zero-order valence-electron chi connectivity index (χ0n) is 10.3. The Morgan fingerprint density at radius 2 is 2.06 bits per heavy atom. The van der Waals surface area contributed by atoms with Crippen LogP contribution in [0.25, 0.3) is 0 Å². The number of carbonyl (C=O) groups excluding carboxylic acids is 1. The molecule has 0 radical (unpaired) electrons. The van der Waals surface area contributed by atoms with E-state index < -0.39 is 0 Å². The van der Waals surface area contributed by atoms with Gasteiger partial charge in [-0.05, 0) is 31.2 Å². The van der Waals surface area contributed by atoms with Crippen molar-refractivity contribution in [3.8, 4) is 5.75 Å². The SMILES string of the molecule is CC(NC(=O)c1ccc(O)cc1)c1nccn1C. The summed E-state index contributed by atoms with van der Waals surface area (Å²) in [6.45, 7) is 1.88. The number of hydrogen-bond acceptors (Lipinski definition) is 3. The molecule has 0 spiro atoms. The first-order valence-corrected chi connectivity index (χ1v) is 5.65. The van der Waals surface area contributed by atoms with Gasteiger partial charge in [0.15, 0.2) is 0 Å². The van der Waals surface area contributed by atoms with Crippen molar-refractivity contribution in [3.63, 3.8) is 0 Å². The molecule has 0 aliphatic rings. The lowest BCUT2D eigenvalue weighted by Crippen LogP contribution is -2.28. The highest BCUT2D eigenvalue weighted by Gasteiger charge is 2.14. The highest BCUT2D eigenvalue weighted by atomic mass is 16.3. The van der Waals surface area contributed by atoms with Gasteiger partial charge in [0.25, 0.3) is 5.91 Å². The summed E-state index contributed by atoms with van der Waals surface area (Å²) in [6, 6.07) is 5.96. The molecular formula is C13H15N3O2. The molecule has 2 N–H and O–H groups in total. The largest absolute Gasteiger partial charge is 0.508 e. The van der Waals surface area contributed by atoms with Gasteiger partial charge in [-0.2, -0.15) is 0 Å². The Balaban J connectivity index is 2.08. The number of amides is 1. The number of aromatic hydroxyl groups is 1. The van der Waals surface area contributed by atoms with E-state index in [1.165, 1.54) is 12.1 Å². The van der Waals surface area contributed by atoms with E-state index in [0.29, 0.717) is 5.56 Å². The van der Waals surface area contributed by atoms with Crippen molar-refractivity contribution in [2.75, 3.05) is 0 Å². The van der Waals surface area contributed by atoms with Crippen LogP contribution in [-0.2, 0) is 7.05 Å². The summed E-state index contributed by atoms with van der Waals surface area (Å²) in [6.07, 6.45) is 3.52. The predicted octanol–water partition coefficient (Wildman–Crippen LogP) is 1.62. The highest BCUT2D eigenvalue weighted by Crippen LogP contribution is 2.12. The molecule has 0 aliphatic carbocycles. The van der Waals surface area contributed by atoms with E-state index in [4.69, 9.17) is 5.11 Å². The number of benzene rings is 1. The molecule has 0 aliphatic heterocycles. The summed E-state index contributed by atoms with van der Waals surface area (Å²) in [7, 11) is 1.88. The summed E-state index contributed by atoms with van der Waals surface area (Å²) in [5.74, 6) is 0.747. The average molecular weight is 245 g/mol. The second-order valence-electron chi connectivity index (χ2n) is 4.14. The van der Waals surface area contributed by atoms with Gasteiger partial charge in [0, 0.05) is 25.0 Å². The molecular weight excluding hydrogens is 230 g/mol. The second kappa shape index (κ2) is 4.91. The third kappa shape index (κ3) is 2.51. The van der Waals surface area contributed by atoms with Crippen LogP contribution in [0.1, 0.15) is 29.1 Å². The number of phenols is 1. The van der Waals surface area contributed by atoms with Crippen LogP contribution in [-0.4, -0.2) is 20.6 Å². The van der Waals surface area contributed by atoms with E-state index in [0.717, 1.165) is 5.82 Å². The molecule has 1 aromatic carbocycles. The molecule has 1 amide bonds. The van der Waals surface area contributed by atoms with E-state index >= 15 is 0 Å². The molecule has 0 bridgehead atoms. The van der Waals surface area contributed by atoms with Crippen molar-refractivity contribution in [2.24, 2.45) is 7.05 Å². The molecule has 1 heterocycles. The lowest BCUT2D eigenvalue weighted by atomic mass is 10.2. The minimum Gasteiger partial charge on any atom is -0.508 e. The van der Waals surface area contributed by atoms with Gasteiger partial charge in [-0.3, -0.25) is 4.79 Å². The Bertz CT molecular complexity index is 546. The molecule has 0 saturated heterocycles. The maximum Gasteiger partial charge on any atom is 0.251 e. The van der Waals surface area contributed by atoms with Crippen LogP contribution < -0.4 is 5.32 Å². The lowest BCUT2D eigenvalue weighted by Gasteiger charge is -2.13. The fraction of sp³-hybridized carbons (Fsp3) is 0.231. The van der Waals surface area contributed by atoms with Crippen molar-refractivity contribution >= 4 is 5.91 Å². The molecule has 94 valence electrons. The second-order valence-corrected chi connectivity index (χ2v) is 4.14. The summed E-state index contributed by atoms with van der Waals surface area (Å²) < 4.78 is 1.86. The Hall–Kier alpha value is -2.30. The van der Waals surface area contributed by atoms with Crippen LogP contribution in [0.4, 0.5) is 0 Å². The zero-order chi connectivity index (χ0) is 13.1. The number of hydrogen-bond donors (Lipinski definition) is 2. The zero-order valence-corrected chi connectivity index (χ0v) is 10.3. The van der Waals surface area contributed by atoms with E-state index in [1.54, 1.807) is 18.3 Å². The molecule has 1 unspecified atom stereocenters. The first-order chi connectivity index (χ1) is 8.58. The summed E-state index contributed by atoms with van der Waals surface area (Å²) in [5, 5.41) is 12.0. The Morgan fingerprint density at radius 1 is 1.39 bits per heavy atom. The van der Waals surface area contributed by atoms with Crippen LogP contribution in [0.2, 0.25) is 0 Å². The third-order valence-corrected chi connectivity index (χ3v) is 2.72. The number of nitrogens with zero attached hydrogens (tertiary/aromatic N) is 2. The molecule has 18 heavy (non-hydrogen) atoms. The minimum absolute atomic E-state index is 0.142. The van der Waals surface area contributed by atoms with Crippen LogP contribution in [0.5, 0.6) is 5.75 Å². The van der Waals surface area contributed by atoms with Crippen LogP contribution in [0, 0.1) is 0 Å². The maximum atomic E-state index is 11.9. The Kier molecular flexibility index (Phi) is 3.32. The molecule has 0 saturated carbocycles. The number of rotatable bonds is 3. The number of phenolic OH excluding ortho intramolecular Hbond substituents is 1. The monoisotopic (exact) mass is 245 g/mol. The number of imidazole rings is 1. The standard InChI is InChI=1S/C13H15N3O2/c1-9(12-14-7-8-16(12)2)15-13(18)10-3-5-11(17)6-4-10/h3-9,17H,1-2H3,(H,15,18). The van der Waals surface area contributed by atoms with Crippen LogP contribution in [0.3, 0.4) is 0 Å². The first-order valence-electron chi connectivity index (χ1n) is 5.65. The molecule has 5 nitrogen and oxygen atoms in total. The van der Waals surface area contributed by atoms with Gasteiger partial charge in [-0.25, -0.2) is 4.98 Å². The smallest absolute Gasteiger partial charge is 0.251 e. The topological polar surface area (TPSA) is 67.2 Å². The number of carbonyl (C=O) groups is 1. The summed E-state index contributed by atoms with van der Waals surface area (Å²) in [4.78, 5) is 16.1. The minimum atomic E-state index is -0.189. The molecule has 2 rings (SSSR count). The van der Waals surface area contributed by atoms with Gasteiger partial charge in [0.1, 0.15) is 11.6 Å². The normalized spacial score (nSPS) is 12.1. The van der Waals surface area contributed by atoms with E-state index in [1.807, 2.05) is 24.7 Å². The molecule has 1 aromatic heterocycles. The molecule has 2 aromatic rings. The number of aromatic nitrogens is 2. The average Bonchev–Trinajstić information content (AvgIpc) is 2.76. The maximum absolute atomic E-state index is 11.9. The predicted molar refractivity (Wildman–Crippen MR) is 67.2 cm³/mol. The van der Waals surface area contributed by atoms with Crippen molar-refractivity contribution in [1.29, 1.82) is 0 Å². The van der Waals surface area contributed by atoms with E-state index in [2.05, 4.69) is 10.3 Å². The summed E-state index contributed by atoms with van der Waals surface area (Å²) >= 11 is 0. The first kappa shape index (κ1) is 12.2. The van der Waals surface area contributed by atoms with Gasteiger partial charge in [0.05, 0.1) is 6.04 Å². The highest BCUT2D eigenvalue weighted by molar-refractivity contribution is 5.94.